The molecule has 3 nitrogen and oxygen atoms in total. The van der Waals surface area contributed by atoms with Gasteiger partial charge in [0.05, 0.1) is 5.69 Å². The van der Waals surface area contributed by atoms with Crippen LogP contribution in [0.15, 0.2) is 83.5 Å². The fraction of sp³-hybridized carbons (Fsp3) is 0.0435. The van der Waals surface area contributed by atoms with Crippen molar-refractivity contribution >= 4 is 46.7 Å². The molecular weight excluding hydrogens is 391 g/mol. The van der Waals surface area contributed by atoms with E-state index in [1.54, 1.807) is 29.2 Å². The summed E-state index contributed by atoms with van der Waals surface area (Å²) < 4.78 is 0. The Morgan fingerprint density at radius 2 is 1.64 bits per heavy atom. The third kappa shape index (κ3) is 3.59. The van der Waals surface area contributed by atoms with Gasteiger partial charge in [0.1, 0.15) is 11.5 Å². The van der Waals surface area contributed by atoms with E-state index in [9.17, 15) is 4.79 Å². The van der Waals surface area contributed by atoms with Crippen LogP contribution < -0.4 is 4.90 Å². The van der Waals surface area contributed by atoms with Crippen LogP contribution in [-0.4, -0.2) is 11.7 Å². The number of carbonyl (C=O) groups excluding carboxylic acids is 1. The van der Waals surface area contributed by atoms with Gasteiger partial charge in [-0.3, -0.25) is 9.69 Å². The van der Waals surface area contributed by atoms with Gasteiger partial charge >= 0.3 is 0 Å². The SMILES string of the molecule is Cc1ccc(C2=N/C(=C/c3ccc(Cl)cc3Cl)C(=O)N2c2ccccc2)cc1. The Labute approximate surface area is 173 Å². The molecule has 1 amide bonds. The van der Waals surface area contributed by atoms with Gasteiger partial charge in [-0.05, 0) is 42.8 Å². The fourth-order valence-corrected chi connectivity index (χ4v) is 3.46. The topological polar surface area (TPSA) is 32.7 Å². The number of rotatable bonds is 3. The van der Waals surface area contributed by atoms with Crippen LogP contribution in [0.4, 0.5) is 5.69 Å². The lowest BCUT2D eigenvalue weighted by Gasteiger charge is -2.18. The summed E-state index contributed by atoms with van der Waals surface area (Å²) in [7, 11) is 0. The van der Waals surface area contributed by atoms with Crippen LogP contribution in [0, 0.1) is 6.92 Å². The third-order valence-electron chi connectivity index (χ3n) is 4.44. The first-order valence-corrected chi connectivity index (χ1v) is 9.50. The molecule has 0 N–H and O–H groups in total. The summed E-state index contributed by atoms with van der Waals surface area (Å²) in [5.41, 5.74) is 3.79. The van der Waals surface area contributed by atoms with Crippen molar-refractivity contribution in [3.05, 3.63) is 105 Å². The van der Waals surface area contributed by atoms with E-state index in [0.29, 0.717) is 27.1 Å². The number of para-hydroxylation sites is 1. The van der Waals surface area contributed by atoms with E-state index >= 15 is 0 Å². The molecule has 0 atom stereocenters. The van der Waals surface area contributed by atoms with Crippen LogP contribution in [0.1, 0.15) is 16.7 Å². The van der Waals surface area contributed by atoms with Crippen molar-refractivity contribution in [2.75, 3.05) is 4.90 Å². The van der Waals surface area contributed by atoms with Crippen LogP contribution in [0.5, 0.6) is 0 Å². The average molecular weight is 407 g/mol. The van der Waals surface area contributed by atoms with Crippen LogP contribution in [0.25, 0.3) is 6.08 Å². The number of halogens is 2. The Kier molecular flexibility index (Phi) is 5.03. The molecule has 3 aromatic rings. The van der Waals surface area contributed by atoms with E-state index in [1.807, 2.05) is 61.5 Å². The molecule has 0 aliphatic carbocycles. The highest BCUT2D eigenvalue weighted by atomic mass is 35.5. The first-order valence-electron chi connectivity index (χ1n) is 8.75. The zero-order valence-electron chi connectivity index (χ0n) is 15.1. The summed E-state index contributed by atoms with van der Waals surface area (Å²) in [4.78, 5) is 19.5. The molecule has 0 aromatic heterocycles. The maximum Gasteiger partial charge on any atom is 0.282 e. The van der Waals surface area contributed by atoms with Crippen LogP contribution >= 0.6 is 23.2 Å². The number of hydrogen-bond donors (Lipinski definition) is 0. The molecule has 138 valence electrons. The molecule has 28 heavy (non-hydrogen) atoms. The molecule has 0 fully saturated rings. The highest BCUT2D eigenvalue weighted by Gasteiger charge is 2.32. The number of benzene rings is 3. The smallest absolute Gasteiger partial charge is 0.266 e. The van der Waals surface area contributed by atoms with E-state index in [2.05, 4.69) is 4.99 Å². The molecule has 0 unspecified atom stereocenters. The predicted molar refractivity (Wildman–Crippen MR) is 116 cm³/mol. The van der Waals surface area contributed by atoms with Crippen molar-refractivity contribution in [1.82, 2.24) is 0 Å². The van der Waals surface area contributed by atoms with E-state index in [0.717, 1.165) is 16.8 Å². The lowest BCUT2D eigenvalue weighted by atomic mass is 10.1. The number of anilines is 1. The number of nitrogens with zero attached hydrogens (tertiary/aromatic N) is 2. The van der Waals surface area contributed by atoms with Gasteiger partial charge in [0, 0.05) is 15.6 Å². The second-order valence-corrected chi connectivity index (χ2v) is 7.32. The molecule has 5 heteroatoms. The van der Waals surface area contributed by atoms with E-state index in [1.165, 1.54) is 0 Å². The molecule has 4 rings (SSSR count). The molecule has 1 aliphatic heterocycles. The van der Waals surface area contributed by atoms with Crippen molar-refractivity contribution in [2.45, 2.75) is 6.92 Å². The first-order chi connectivity index (χ1) is 13.5. The van der Waals surface area contributed by atoms with Gasteiger partial charge in [-0.2, -0.15) is 0 Å². The molecule has 0 saturated heterocycles. The number of carbonyl (C=O) groups is 1. The van der Waals surface area contributed by atoms with Gasteiger partial charge in [-0.1, -0.05) is 77.3 Å². The third-order valence-corrected chi connectivity index (χ3v) is 5.00. The van der Waals surface area contributed by atoms with Gasteiger partial charge in [-0.25, -0.2) is 4.99 Å². The monoisotopic (exact) mass is 406 g/mol. The van der Waals surface area contributed by atoms with Gasteiger partial charge in [-0.15, -0.1) is 0 Å². The van der Waals surface area contributed by atoms with Crippen molar-refractivity contribution < 1.29 is 4.79 Å². The molecule has 0 bridgehead atoms. The summed E-state index contributed by atoms with van der Waals surface area (Å²) in [5.74, 6) is 0.389. The second kappa shape index (κ2) is 7.63. The number of aryl methyl sites for hydroxylation is 1. The Bertz CT molecular complexity index is 1100. The van der Waals surface area contributed by atoms with Gasteiger partial charge in [0.2, 0.25) is 0 Å². The Morgan fingerprint density at radius 3 is 2.32 bits per heavy atom. The highest BCUT2D eigenvalue weighted by Crippen LogP contribution is 2.30. The number of hydrogen-bond acceptors (Lipinski definition) is 2. The summed E-state index contributed by atoms with van der Waals surface area (Å²) in [6, 6.07) is 22.6. The lowest BCUT2D eigenvalue weighted by Crippen LogP contribution is -2.32. The van der Waals surface area contributed by atoms with Crippen molar-refractivity contribution in [1.29, 1.82) is 0 Å². The maximum absolute atomic E-state index is 13.2. The van der Waals surface area contributed by atoms with E-state index < -0.39 is 0 Å². The fourth-order valence-electron chi connectivity index (χ4n) is 3.00. The Balaban J connectivity index is 1.83. The standard InChI is InChI=1S/C23H16Cl2N2O/c1-15-7-9-16(10-8-15)22-26-21(13-17-11-12-18(24)14-20(17)25)23(28)27(22)19-5-3-2-4-6-19/h2-14H,1H3/b21-13+. The number of amidine groups is 1. The summed E-state index contributed by atoms with van der Waals surface area (Å²) in [6.07, 6.45) is 1.69. The average Bonchev–Trinajstić information content (AvgIpc) is 3.01. The normalized spacial score (nSPS) is 15.2. The summed E-state index contributed by atoms with van der Waals surface area (Å²) in [5, 5.41) is 1.01. The molecule has 3 aromatic carbocycles. The summed E-state index contributed by atoms with van der Waals surface area (Å²) in [6.45, 7) is 2.02. The summed E-state index contributed by atoms with van der Waals surface area (Å²) >= 11 is 12.3. The van der Waals surface area contributed by atoms with E-state index in [-0.39, 0.29) is 5.91 Å². The van der Waals surface area contributed by atoms with Crippen LogP contribution in [-0.2, 0) is 4.79 Å². The number of aliphatic imine (C=N–C) groups is 1. The quantitative estimate of drug-likeness (QED) is 0.481. The molecule has 0 radical (unpaired) electrons. The Hall–Kier alpha value is -2.88. The van der Waals surface area contributed by atoms with Crippen molar-refractivity contribution in [3.8, 4) is 0 Å². The van der Waals surface area contributed by atoms with Crippen molar-refractivity contribution in [3.63, 3.8) is 0 Å². The minimum atomic E-state index is -0.201. The largest absolute Gasteiger partial charge is 0.282 e. The maximum atomic E-state index is 13.2. The molecule has 0 spiro atoms. The molecule has 1 heterocycles. The zero-order chi connectivity index (χ0) is 19.7. The minimum absolute atomic E-state index is 0.201. The number of amides is 1. The highest BCUT2D eigenvalue weighted by molar-refractivity contribution is 6.36. The first kappa shape index (κ1) is 18.5. The molecule has 1 aliphatic rings. The van der Waals surface area contributed by atoms with Crippen LogP contribution in [0.3, 0.4) is 0 Å². The Morgan fingerprint density at radius 1 is 0.929 bits per heavy atom. The predicted octanol–water partition coefficient (Wildman–Crippen LogP) is 6.14. The van der Waals surface area contributed by atoms with Crippen LogP contribution in [0.2, 0.25) is 10.0 Å². The van der Waals surface area contributed by atoms with Crippen molar-refractivity contribution in [2.24, 2.45) is 4.99 Å². The lowest BCUT2D eigenvalue weighted by molar-refractivity contribution is -0.113. The molecule has 0 saturated carbocycles. The second-order valence-electron chi connectivity index (χ2n) is 6.47. The molecular formula is C23H16Cl2N2O. The van der Waals surface area contributed by atoms with E-state index in [4.69, 9.17) is 23.2 Å². The zero-order valence-corrected chi connectivity index (χ0v) is 16.6. The van der Waals surface area contributed by atoms with Gasteiger partial charge < -0.3 is 0 Å². The van der Waals surface area contributed by atoms with Gasteiger partial charge in [0.15, 0.2) is 0 Å². The minimum Gasteiger partial charge on any atom is -0.266 e. The van der Waals surface area contributed by atoms with Gasteiger partial charge in [0.25, 0.3) is 5.91 Å².